The number of pyridine rings is 1. The number of nitrogens with zero attached hydrogens (tertiary/aromatic N) is 1. The largest absolute Gasteiger partial charge is 0.508 e. The minimum atomic E-state index is 0.209. The zero-order chi connectivity index (χ0) is 14.3. The average Bonchev–Trinajstić information content (AvgIpc) is 2.40. The van der Waals surface area contributed by atoms with Crippen molar-refractivity contribution in [3.8, 4) is 17.2 Å². The topological polar surface area (TPSA) is 45.4 Å². The molecular formula is C15H10BrNO2S. The van der Waals surface area contributed by atoms with Gasteiger partial charge in [0.25, 0.3) is 0 Å². The van der Waals surface area contributed by atoms with Crippen LogP contribution in [0.5, 0.6) is 11.5 Å². The molecule has 0 aliphatic rings. The Kier molecular flexibility index (Phi) is 3.23. The summed E-state index contributed by atoms with van der Waals surface area (Å²) in [6.07, 6.45) is 0. The Morgan fingerprint density at radius 2 is 1.55 bits per heavy atom. The highest BCUT2D eigenvalue weighted by atomic mass is 79.9. The number of phenolic OH excluding ortho intramolecular Hbond substituents is 2. The molecule has 0 saturated heterocycles. The summed E-state index contributed by atoms with van der Waals surface area (Å²) >= 11 is 9.03. The van der Waals surface area contributed by atoms with Crippen LogP contribution >= 0.6 is 28.1 Å². The summed E-state index contributed by atoms with van der Waals surface area (Å²) in [6.45, 7) is 0. The molecule has 3 rings (SSSR count). The molecule has 0 atom stereocenters. The van der Waals surface area contributed by atoms with Crippen molar-refractivity contribution in [2.45, 2.75) is 0 Å². The van der Waals surface area contributed by atoms with Crippen molar-refractivity contribution in [2.24, 2.45) is 0 Å². The second-order valence-corrected chi connectivity index (χ2v) is 5.59. The van der Waals surface area contributed by atoms with E-state index in [9.17, 15) is 10.2 Å². The lowest BCUT2D eigenvalue weighted by molar-refractivity contribution is 0.475. The third-order valence-corrected chi connectivity index (χ3v) is 4.05. The fourth-order valence-electron chi connectivity index (χ4n) is 2.12. The molecule has 0 unspecified atom stereocenters. The molecule has 0 amide bonds. The zero-order valence-electron chi connectivity index (χ0n) is 10.2. The van der Waals surface area contributed by atoms with Crippen molar-refractivity contribution in [1.29, 1.82) is 0 Å². The van der Waals surface area contributed by atoms with E-state index < -0.39 is 0 Å². The molecule has 0 aliphatic heterocycles. The average molecular weight is 348 g/mol. The summed E-state index contributed by atoms with van der Waals surface area (Å²) in [5.74, 6) is 0.420. The van der Waals surface area contributed by atoms with Crippen molar-refractivity contribution >= 4 is 38.9 Å². The summed E-state index contributed by atoms with van der Waals surface area (Å²) < 4.78 is 3.29. The molecule has 0 bridgehead atoms. The van der Waals surface area contributed by atoms with Gasteiger partial charge in [-0.05, 0) is 69.8 Å². The molecule has 0 radical (unpaired) electrons. The van der Waals surface area contributed by atoms with Gasteiger partial charge in [-0.15, -0.1) is 0 Å². The molecule has 0 spiro atoms. The zero-order valence-corrected chi connectivity index (χ0v) is 12.6. The summed E-state index contributed by atoms with van der Waals surface area (Å²) in [5, 5.41) is 20.7. The van der Waals surface area contributed by atoms with Crippen molar-refractivity contribution < 1.29 is 10.2 Å². The van der Waals surface area contributed by atoms with E-state index in [1.807, 2.05) is 10.6 Å². The molecule has 1 aromatic heterocycles. The maximum absolute atomic E-state index is 9.54. The lowest BCUT2D eigenvalue weighted by Gasteiger charge is -2.12. The predicted molar refractivity (Wildman–Crippen MR) is 85.1 cm³/mol. The molecule has 100 valence electrons. The van der Waals surface area contributed by atoms with Gasteiger partial charge < -0.3 is 10.2 Å². The van der Waals surface area contributed by atoms with Crippen LogP contribution in [0.1, 0.15) is 0 Å². The van der Waals surface area contributed by atoms with Gasteiger partial charge in [0.1, 0.15) is 16.1 Å². The molecular weight excluding hydrogens is 338 g/mol. The third-order valence-electron chi connectivity index (χ3n) is 3.06. The number of hydrogen-bond donors (Lipinski definition) is 2. The van der Waals surface area contributed by atoms with Gasteiger partial charge in [0, 0.05) is 11.1 Å². The standard InChI is InChI=1S/C15H10BrNO2S/c16-14-8-9-7-12(19)5-6-13(9)15(20)17(14)10-1-3-11(18)4-2-10/h1-8,18-19H. The first kappa shape index (κ1) is 13.1. The lowest BCUT2D eigenvalue weighted by Crippen LogP contribution is -1.99. The molecule has 0 saturated carbocycles. The fraction of sp³-hybridized carbons (Fsp3) is 0. The number of halogens is 1. The maximum atomic E-state index is 9.54. The number of aromatic hydroxyl groups is 2. The van der Waals surface area contributed by atoms with Crippen LogP contribution in [0.3, 0.4) is 0 Å². The van der Waals surface area contributed by atoms with Gasteiger partial charge in [-0.2, -0.15) is 0 Å². The van der Waals surface area contributed by atoms with E-state index in [4.69, 9.17) is 12.2 Å². The fourth-order valence-corrected chi connectivity index (χ4v) is 3.25. The van der Waals surface area contributed by atoms with Crippen LogP contribution < -0.4 is 0 Å². The highest BCUT2D eigenvalue weighted by molar-refractivity contribution is 9.10. The number of phenols is 2. The maximum Gasteiger partial charge on any atom is 0.119 e. The number of rotatable bonds is 1. The molecule has 2 aromatic carbocycles. The lowest BCUT2D eigenvalue weighted by atomic mass is 10.1. The Labute approximate surface area is 128 Å². The van der Waals surface area contributed by atoms with Crippen molar-refractivity contribution in [2.75, 3.05) is 0 Å². The van der Waals surface area contributed by atoms with Gasteiger partial charge in [0.2, 0.25) is 0 Å². The number of benzene rings is 2. The van der Waals surface area contributed by atoms with E-state index in [1.54, 1.807) is 42.5 Å². The van der Waals surface area contributed by atoms with E-state index in [-0.39, 0.29) is 11.5 Å². The second-order valence-electron chi connectivity index (χ2n) is 4.40. The van der Waals surface area contributed by atoms with E-state index in [0.29, 0.717) is 4.64 Å². The van der Waals surface area contributed by atoms with Crippen LogP contribution in [0.4, 0.5) is 0 Å². The highest BCUT2D eigenvalue weighted by Crippen LogP contribution is 2.28. The Balaban J connectivity index is 2.34. The SMILES string of the molecule is Oc1ccc(-n2c(Br)cc3cc(O)ccc3c2=S)cc1. The highest BCUT2D eigenvalue weighted by Gasteiger charge is 2.07. The van der Waals surface area contributed by atoms with Gasteiger partial charge in [-0.3, -0.25) is 4.57 Å². The normalized spacial score (nSPS) is 10.8. The summed E-state index contributed by atoms with van der Waals surface area (Å²) in [6, 6.07) is 13.8. The first-order valence-corrected chi connectivity index (χ1v) is 7.10. The minimum Gasteiger partial charge on any atom is -0.508 e. The Bertz CT molecular complexity index is 856. The van der Waals surface area contributed by atoms with Crippen LogP contribution in [0.15, 0.2) is 53.1 Å². The van der Waals surface area contributed by atoms with Gasteiger partial charge in [-0.25, -0.2) is 0 Å². The summed E-state index contributed by atoms with van der Waals surface area (Å²) in [5.41, 5.74) is 0.856. The van der Waals surface area contributed by atoms with Crippen LogP contribution in [0.25, 0.3) is 16.5 Å². The van der Waals surface area contributed by atoms with Crippen molar-refractivity contribution in [3.05, 3.63) is 57.8 Å². The Hall–Kier alpha value is -1.85. The predicted octanol–water partition coefficient (Wildman–Crippen LogP) is 4.53. The summed E-state index contributed by atoms with van der Waals surface area (Å²) in [7, 11) is 0. The Morgan fingerprint density at radius 1 is 0.900 bits per heavy atom. The van der Waals surface area contributed by atoms with Gasteiger partial charge in [0.05, 0.1) is 4.60 Å². The molecule has 3 aromatic rings. The molecule has 20 heavy (non-hydrogen) atoms. The van der Waals surface area contributed by atoms with E-state index in [2.05, 4.69) is 15.9 Å². The van der Waals surface area contributed by atoms with Gasteiger partial charge in [-0.1, -0.05) is 12.2 Å². The first-order chi connectivity index (χ1) is 9.56. The van der Waals surface area contributed by atoms with Gasteiger partial charge in [0.15, 0.2) is 0 Å². The van der Waals surface area contributed by atoms with Gasteiger partial charge >= 0.3 is 0 Å². The number of hydrogen-bond acceptors (Lipinski definition) is 3. The van der Waals surface area contributed by atoms with Crippen LogP contribution in [-0.2, 0) is 0 Å². The second kappa shape index (κ2) is 4.92. The molecule has 2 N–H and O–H groups in total. The molecule has 1 heterocycles. The molecule has 0 aliphatic carbocycles. The quantitative estimate of drug-likeness (QED) is 0.502. The monoisotopic (exact) mass is 347 g/mol. The van der Waals surface area contributed by atoms with Crippen LogP contribution in [0.2, 0.25) is 0 Å². The molecule has 0 fully saturated rings. The van der Waals surface area contributed by atoms with Crippen LogP contribution in [0, 0.1) is 4.64 Å². The summed E-state index contributed by atoms with van der Waals surface area (Å²) in [4.78, 5) is 0. The van der Waals surface area contributed by atoms with Crippen molar-refractivity contribution in [1.82, 2.24) is 4.57 Å². The minimum absolute atomic E-state index is 0.209. The third kappa shape index (κ3) is 2.19. The smallest absolute Gasteiger partial charge is 0.119 e. The van der Waals surface area contributed by atoms with E-state index >= 15 is 0 Å². The van der Waals surface area contributed by atoms with E-state index in [0.717, 1.165) is 21.1 Å². The Morgan fingerprint density at radius 3 is 2.25 bits per heavy atom. The van der Waals surface area contributed by atoms with Crippen molar-refractivity contribution in [3.63, 3.8) is 0 Å². The van der Waals surface area contributed by atoms with E-state index in [1.165, 1.54) is 0 Å². The first-order valence-electron chi connectivity index (χ1n) is 5.90. The van der Waals surface area contributed by atoms with Crippen LogP contribution in [-0.4, -0.2) is 14.8 Å². The number of fused-ring (bicyclic) bond motifs is 1. The number of aromatic nitrogens is 1. The molecule has 3 nitrogen and oxygen atoms in total. The molecule has 5 heteroatoms.